The molecule has 0 aromatic carbocycles. The van der Waals surface area contributed by atoms with Crippen molar-refractivity contribution in [3.8, 4) is 0 Å². The molecule has 0 spiro atoms. The smallest absolute Gasteiger partial charge is 0.0286 e. The lowest BCUT2D eigenvalue weighted by Crippen LogP contribution is -2.42. The van der Waals surface area contributed by atoms with E-state index in [0.717, 1.165) is 6.42 Å². The molecule has 1 heteroatoms. The third-order valence-electron chi connectivity index (χ3n) is 10.1. The van der Waals surface area contributed by atoms with Crippen LogP contribution in [0.4, 0.5) is 0 Å². The van der Waals surface area contributed by atoms with Crippen LogP contribution in [0.15, 0.2) is 47.7 Å². The topological polar surface area (TPSA) is 12.0 Å². The molecule has 0 aromatic rings. The fourth-order valence-corrected chi connectivity index (χ4v) is 7.28. The minimum absolute atomic E-state index is 0.211. The summed E-state index contributed by atoms with van der Waals surface area (Å²) in [7, 11) is 0. The Kier molecular flexibility index (Phi) is 15.1. The number of unbranched alkanes of at least 4 members (excludes halogenated alkanes) is 3. The van der Waals surface area contributed by atoms with Gasteiger partial charge in [-0.25, -0.2) is 0 Å². The Morgan fingerprint density at radius 2 is 1.60 bits per heavy atom. The molecule has 1 rings (SSSR count). The first kappa shape index (κ1) is 36.8. The van der Waals surface area contributed by atoms with Crippen molar-refractivity contribution in [3.63, 3.8) is 0 Å². The Balaban J connectivity index is 3.23. The molecular weight excluding hydrogens is 482 g/mol. The van der Waals surface area contributed by atoms with E-state index in [1.165, 1.54) is 68.2 Å². The van der Waals surface area contributed by atoms with Crippen LogP contribution in [0.5, 0.6) is 0 Å². The fourth-order valence-electron chi connectivity index (χ4n) is 7.28. The van der Waals surface area contributed by atoms with Crippen LogP contribution in [-0.4, -0.2) is 6.04 Å². The summed E-state index contributed by atoms with van der Waals surface area (Å²) >= 11 is 0. The second kappa shape index (κ2) is 16.4. The number of hydrogen-bond donors (Lipinski definition) is 1. The van der Waals surface area contributed by atoms with Crippen molar-refractivity contribution in [2.24, 2.45) is 46.3 Å². The molecule has 6 unspecified atom stereocenters. The first-order valence-corrected chi connectivity index (χ1v) is 16.9. The summed E-state index contributed by atoms with van der Waals surface area (Å²) in [5, 5.41) is 4.02. The highest BCUT2D eigenvalue weighted by Gasteiger charge is 2.39. The number of nitrogens with one attached hydrogen (secondary N) is 1. The molecule has 232 valence electrons. The molecule has 0 aromatic heterocycles. The van der Waals surface area contributed by atoms with E-state index in [9.17, 15) is 0 Å². The molecular formula is C39H71N. The van der Waals surface area contributed by atoms with E-state index in [2.05, 4.69) is 121 Å². The zero-order valence-corrected chi connectivity index (χ0v) is 29.5. The van der Waals surface area contributed by atoms with Gasteiger partial charge < -0.3 is 5.32 Å². The van der Waals surface area contributed by atoms with Crippen molar-refractivity contribution in [3.05, 3.63) is 47.7 Å². The van der Waals surface area contributed by atoms with E-state index in [1.54, 1.807) is 5.57 Å². The number of rotatable bonds is 18. The summed E-state index contributed by atoms with van der Waals surface area (Å²) in [6.45, 7) is 39.9. The van der Waals surface area contributed by atoms with Gasteiger partial charge in [0.25, 0.3) is 0 Å². The lowest BCUT2D eigenvalue weighted by molar-refractivity contribution is 0.114. The van der Waals surface area contributed by atoms with Gasteiger partial charge in [-0.15, -0.1) is 0 Å². The molecule has 0 bridgehead atoms. The molecule has 40 heavy (non-hydrogen) atoms. The lowest BCUT2D eigenvalue weighted by Gasteiger charge is -2.45. The summed E-state index contributed by atoms with van der Waals surface area (Å²) in [6, 6.07) is 0.423. The number of hydrogen-bond acceptors (Lipinski definition) is 1. The van der Waals surface area contributed by atoms with Crippen LogP contribution >= 0.6 is 0 Å². The highest BCUT2D eigenvalue weighted by atomic mass is 14.9. The standard InChI is InChI=1S/C39H71N/c1-16-17-18-19-20-34-26-39(15,22-21-30(34)8)33(11)36(29(6)7)24-37(40-32(10)25-38(12,13)14)31(9)23-35(27(2)3)28(4)5/h21-22,28-29,31,33,35-37,40H,2,10,16-20,23-26H2,1,3-9,11-15H3. The van der Waals surface area contributed by atoms with Crippen molar-refractivity contribution >= 4 is 0 Å². The van der Waals surface area contributed by atoms with Crippen molar-refractivity contribution in [1.29, 1.82) is 0 Å². The Morgan fingerprint density at radius 1 is 0.975 bits per heavy atom. The fraction of sp³-hybridized carbons (Fsp3) is 0.795. The van der Waals surface area contributed by atoms with Crippen molar-refractivity contribution in [2.75, 3.05) is 0 Å². The molecule has 0 aliphatic heterocycles. The van der Waals surface area contributed by atoms with E-state index < -0.39 is 0 Å². The monoisotopic (exact) mass is 554 g/mol. The third-order valence-corrected chi connectivity index (χ3v) is 10.1. The maximum absolute atomic E-state index is 4.53. The summed E-state index contributed by atoms with van der Waals surface area (Å²) in [5.74, 6) is 3.62. The highest BCUT2D eigenvalue weighted by Crippen LogP contribution is 2.48. The maximum atomic E-state index is 4.53. The van der Waals surface area contributed by atoms with Gasteiger partial charge in [0.1, 0.15) is 0 Å². The highest BCUT2D eigenvalue weighted by molar-refractivity contribution is 5.32. The van der Waals surface area contributed by atoms with E-state index in [4.69, 9.17) is 0 Å². The first-order chi connectivity index (χ1) is 18.4. The van der Waals surface area contributed by atoms with Crippen molar-refractivity contribution in [2.45, 2.75) is 154 Å². The third kappa shape index (κ3) is 11.9. The average Bonchev–Trinajstić information content (AvgIpc) is 2.82. The summed E-state index contributed by atoms with van der Waals surface area (Å²) < 4.78 is 0. The Morgan fingerprint density at radius 3 is 2.10 bits per heavy atom. The van der Waals surface area contributed by atoms with E-state index in [0.29, 0.717) is 41.5 Å². The molecule has 1 N–H and O–H groups in total. The molecule has 0 heterocycles. The van der Waals surface area contributed by atoms with Gasteiger partial charge in [0.05, 0.1) is 0 Å². The van der Waals surface area contributed by atoms with Gasteiger partial charge in [-0.3, -0.25) is 0 Å². The van der Waals surface area contributed by atoms with E-state index >= 15 is 0 Å². The van der Waals surface area contributed by atoms with Crippen LogP contribution in [0.1, 0.15) is 148 Å². The molecule has 6 atom stereocenters. The molecule has 0 saturated carbocycles. The van der Waals surface area contributed by atoms with Gasteiger partial charge in [0.2, 0.25) is 0 Å². The normalized spacial score (nSPS) is 21.9. The maximum Gasteiger partial charge on any atom is 0.0286 e. The first-order valence-electron chi connectivity index (χ1n) is 16.9. The van der Waals surface area contributed by atoms with Crippen LogP contribution in [0.2, 0.25) is 0 Å². The van der Waals surface area contributed by atoms with Crippen LogP contribution in [0.25, 0.3) is 0 Å². The zero-order chi connectivity index (χ0) is 30.8. The predicted octanol–water partition coefficient (Wildman–Crippen LogP) is 12.3. The van der Waals surface area contributed by atoms with Gasteiger partial charge in [0.15, 0.2) is 0 Å². The van der Waals surface area contributed by atoms with Crippen molar-refractivity contribution < 1.29 is 0 Å². The summed E-state index contributed by atoms with van der Waals surface area (Å²) in [6.07, 6.45) is 16.3. The van der Waals surface area contributed by atoms with Gasteiger partial charge in [-0.05, 0) is 98.7 Å². The van der Waals surface area contributed by atoms with E-state index in [1.807, 2.05) is 0 Å². The second-order valence-corrected chi connectivity index (χ2v) is 16.0. The summed E-state index contributed by atoms with van der Waals surface area (Å²) in [5.41, 5.74) is 6.21. The largest absolute Gasteiger partial charge is 0.386 e. The molecule has 1 aliphatic carbocycles. The molecule has 0 fully saturated rings. The predicted molar refractivity (Wildman–Crippen MR) is 182 cm³/mol. The summed E-state index contributed by atoms with van der Waals surface area (Å²) in [4.78, 5) is 0. The van der Waals surface area contributed by atoms with Gasteiger partial charge >= 0.3 is 0 Å². The molecule has 0 amide bonds. The van der Waals surface area contributed by atoms with Gasteiger partial charge in [-0.2, -0.15) is 0 Å². The van der Waals surface area contributed by atoms with Gasteiger partial charge in [0, 0.05) is 11.7 Å². The quantitative estimate of drug-likeness (QED) is 0.131. The minimum atomic E-state index is 0.211. The van der Waals surface area contributed by atoms with Gasteiger partial charge in [-0.1, -0.05) is 137 Å². The average molecular weight is 554 g/mol. The van der Waals surface area contributed by atoms with Crippen LogP contribution in [0.3, 0.4) is 0 Å². The minimum Gasteiger partial charge on any atom is -0.386 e. The Labute approximate surface area is 252 Å². The second-order valence-electron chi connectivity index (χ2n) is 16.0. The molecule has 1 nitrogen and oxygen atoms in total. The van der Waals surface area contributed by atoms with Crippen LogP contribution in [0, 0.1) is 46.3 Å². The van der Waals surface area contributed by atoms with Crippen LogP contribution < -0.4 is 5.32 Å². The van der Waals surface area contributed by atoms with E-state index in [-0.39, 0.29) is 10.8 Å². The Hall–Kier alpha value is -1.24. The molecule has 0 radical (unpaired) electrons. The molecule has 0 saturated heterocycles. The van der Waals surface area contributed by atoms with Crippen LogP contribution in [-0.2, 0) is 0 Å². The Bertz CT molecular complexity index is 847. The lowest BCUT2D eigenvalue weighted by atomic mass is 9.61. The van der Waals surface area contributed by atoms with Crippen molar-refractivity contribution in [1.82, 2.24) is 5.32 Å². The molecule has 1 aliphatic rings. The zero-order valence-electron chi connectivity index (χ0n) is 29.5. The SMILES string of the molecule is C=C(CC(C)(C)C)NC(CC(C(C)C)C(C)C1(C)C=CC(C)=C(CCCCCC)C1)C(C)CC(C(=C)C)C(C)C. The number of allylic oxidation sites excluding steroid dienone is 6.